The lowest BCUT2D eigenvalue weighted by Gasteiger charge is -2.18. The zero-order chi connectivity index (χ0) is 8.10. The van der Waals surface area contributed by atoms with E-state index in [0.29, 0.717) is 5.79 Å². The molecule has 0 spiro atoms. The lowest BCUT2D eigenvalue weighted by Crippen LogP contribution is -2.44. The molecule has 0 saturated heterocycles. The molecule has 0 aromatic carbocycles. The molecule has 11 heavy (non-hydrogen) atoms. The molecule has 0 atom stereocenters. The van der Waals surface area contributed by atoms with Crippen molar-refractivity contribution >= 4 is 9.52 Å². The minimum absolute atomic E-state index is 0.0795. The summed E-state index contributed by atoms with van der Waals surface area (Å²) < 4.78 is 0. The fourth-order valence-corrected chi connectivity index (χ4v) is 4.15. The van der Waals surface area contributed by atoms with Crippen molar-refractivity contribution in [1.29, 1.82) is 0 Å². The van der Waals surface area contributed by atoms with E-state index < -0.39 is 0 Å². The molecule has 1 saturated carbocycles. The molecule has 1 fully saturated rings. The molecule has 3 heteroatoms. The normalized spacial score (nSPS) is 21.0. The Hall–Kier alpha value is 0.137. The van der Waals surface area contributed by atoms with Crippen LogP contribution in [0.15, 0.2) is 0 Å². The Morgan fingerprint density at radius 2 is 1.73 bits per heavy atom. The van der Waals surface area contributed by atoms with Crippen LogP contribution in [-0.2, 0) is 0 Å². The molecule has 0 bridgehead atoms. The molecular weight excluding hydrogens is 152 g/mol. The second-order valence-electron chi connectivity index (χ2n) is 3.52. The topological polar surface area (TPSA) is 24.1 Å². The van der Waals surface area contributed by atoms with Crippen LogP contribution in [0, 0.1) is 0 Å². The van der Waals surface area contributed by atoms with Crippen molar-refractivity contribution < 1.29 is 0 Å². The van der Waals surface area contributed by atoms with E-state index in [-0.39, 0.29) is 9.52 Å². The third-order valence-electron chi connectivity index (χ3n) is 2.74. The molecule has 2 N–H and O–H groups in total. The van der Waals surface area contributed by atoms with Gasteiger partial charge in [0.2, 0.25) is 0 Å². The Labute approximate surface area is 72.0 Å². The van der Waals surface area contributed by atoms with Crippen LogP contribution in [0.1, 0.15) is 25.7 Å². The molecule has 1 aliphatic rings. The van der Waals surface area contributed by atoms with Gasteiger partial charge in [-0.3, -0.25) is 0 Å². The number of hydrogen-bond acceptors (Lipinski definition) is 2. The first-order chi connectivity index (χ1) is 5.36. The van der Waals surface area contributed by atoms with E-state index in [9.17, 15) is 0 Å². The SMILES string of the molecule is CNC(NC)[SiH2]C1CCCC1. The van der Waals surface area contributed by atoms with Gasteiger partial charge in [0.15, 0.2) is 0 Å². The number of hydrogen-bond donors (Lipinski definition) is 2. The van der Waals surface area contributed by atoms with E-state index in [4.69, 9.17) is 0 Å². The molecule has 0 unspecified atom stereocenters. The molecule has 0 aliphatic heterocycles. The van der Waals surface area contributed by atoms with Gasteiger partial charge >= 0.3 is 0 Å². The predicted molar refractivity (Wildman–Crippen MR) is 52.7 cm³/mol. The Kier molecular flexibility index (Phi) is 4.11. The second-order valence-corrected chi connectivity index (χ2v) is 5.96. The van der Waals surface area contributed by atoms with Gasteiger partial charge in [-0.25, -0.2) is 0 Å². The van der Waals surface area contributed by atoms with Crippen LogP contribution in [0.3, 0.4) is 0 Å². The fraction of sp³-hybridized carbons (Fsp3) is 1.00. The molecule has 0 heterocycles. The highest BCUT2D eigenvalue weighted by atomic mass is 28.2. The first-order valence-electron chi connectivity index (χ1n) is 4.71. The van der Waals surface area contributed by atoms with E-state index >= 15 is 0 Å². The molecule has 66 valence electrons. The summed E-state index contributed by atoms with van der Waals surface area (Å²) in [6, 6.07) is 0. The van der Waals surface area contributed by atoms with E-state index in [0.717, 1.165) is 5.54 Å². The van der Waals surface area contributed by atoms with Crippen molar-refractivity contribution in [3.63, 3.8) is 0 Å². The van der Waals surface area contributed by atoms with Crippen LogP contribution in [0.25, 0.3) is 0 Å². The fourth-order valence-electron chi connectivity index (χ4n) is 1.96. The molecule has 1 rings (SSSR count). The average molecular weight is 172 g/mol. The summed E-state index contributed by atoms with van der Waals surface area (Å²) in [6.07, 6.45) is 5.98. The quantitative estimate of drug-likeness (QED) is 0.469. The van der Waals surface area contributed by atoms with Crippen LogP contribution >= 0.6 is 0 Å². The summed E-state index contributed by atoms with van der Waals surface area (Å²) in [6.45, 7) is 0. The van der Waals surface area contributed by atoms with Gasteiger partial charge < -0.3 is 10.6 Å². The number of nitrogens with one attached hydrogen (secondary N) is 2. The molecule has 0 radical (unpaired) electrons. The van der Waals surface area contributed by atoms with Gasteiger partial charge in [-0.15, -0.1) is 0 Å². The lowest BCUT2D eigenvalue weighted by atomic mass is 10.4. The zero-order valence-electron chi connectivity index (χ0n) is 7.69. The third kappa shape index (κ3) is 2.93. The van der Waals surface area contributed by atoms with E-state index in [1.807, 2.05) is 0 Å². The monoisotopic (exact) mass is 172 g/mol. The highest BCUT2D eigenvalue weighted by molar-refractivity contribution is 6.39. The summed E-state index contributed by atoms with van der Waals surface area (Å²) in [4.78, 5) is 0. The first kappa shape index (κ1) is 9.23. The standard InChI is InChI=1S/C8H20N2Si/c1-9-8(10-2)11-7-5-3-4-6-7/h7-10H,3-6,11H2,1-2H3. The summed E-state index contributed by atoms with van der Waals surface area (Å²) in [5.41, 5.74) is 1.11. The van der Waals surface area contributed by atoms with Gasteiger partial charge in [0.1, 0.15) is 0 Å². The maximum Gasteiger partial charge on any atom is 0.0617 e. The van der Waals surface area contributed by atoms with Gasteiger partial charge in [-0.2, -0.15) is 0 Å². The summed E-state index contributed by atoms with van der Waals surface area (Å²) in [7, 11) is 4.20. The van der Waals surface area contributed by atoms with Crippen molar-refractivity contribution in [3.05, 3.63) is 0 Å². The van der Waals surface area contributed by atoms with Gasteiger partial charge in [0, 0.05) is 5.79 Å². The lowest BCUT2D eigenvalue weighted by molar-refractivity contribution is 0.623. The van der Waals surface area contributed by atoms with Crippen LogP contribution in [-0.4, -0.2) is 29.4 Å². The highest BCUT2D eigenvalue weighted by Crippen LogP contribution is 2.29. The van der Waals surface area contributed by atoms with E-state index in [1.165, 1.54) is 25.7 Å². The van der Waals surface area contributed by atoms with Crippen molar-refractivity contribution in [1.82, 2.24) is 10.6 Å². The third-order valence-corrected chi connectivity index (χ3v) is 5.51. The smallest absolute Gasteiger partial charge is 0.0617 e. The predicted octanol–water partition coefficient (Wildman–Crippen LogP) is 0.240. The molecular formula is C8H20N2Si. The Morgan fingerprint density at radius 3 is 2.18 bits per heavy atom. The number of rotatable bonds is 4. The van der Waals surface area contributed by atoms with Crippen molar-refractivity contribution in [2.75, 3.05) is 14.1 Å². The largest absolute Gasteiger partial charge is 0.308 e. The summed E-state index contributed by atoms with van der Waals surface area (Å²) >= 11 is 0. The van der Waals surface area contributed by atoms with Crippen molar-refractivity contribution in [3.8, 4) is 0 Å². The maximum absolute atomic E-state index is 3.33. The van der Waals surface area contributed by atoms with Crippen LogP contribution in [0.5, 0.6) is 0 Å². The van der Waals surface area contributed by atoms with Gasteiger partial charge in [0.05, 0.1) is 9.52 Å². The minimum atomic E-state index is 0.0795. The Morgan fingerprint density at radius 1 is 1.18 bits per heavy atom. The van der Waals surface area contributed by atoms with E-state index in [2.05, 4.69) is 24.7 Å². The van der Waals surface area contributed by atoms with E-state index in [1.54, 1.807) is 0 Å². The van der Waals surface area contributed by atoms with Crippen molar-refractivity contribution in [2.45, 2.75) is 37.0 Å². The maximum atomic E-state index is 3.33. The van der Waals surface area contributed by atoms with Crippen LogP contribution in [0.2, 0.25) is 5.54 Å². The average Bonchev–Trinajstić information content (AvgIpc) is 2.52. The van der Waals surface area contributed by atoms with Crippen molar-refractivity contribution in [2.24, 2.45) is 0 Å². The Bertz CT molecular complexity index is 98.3. The van der Waals surface area contributed by atoms with Crippen LogP contribution < -0.4 is 10.6 Å². The van der Waals surface area contributed by atoms with Crippen LogP contribution in [0.4, 0.5) is 0 Å². The molecule has 1 aliphatic carbocycles. The molecule has 0 amide bonds. The Balaban J connectivity index is 2.16. The van der Waals surface area contributed by atoms with Gasteiger partial charge in [0.25, 0.3) is 0 Å². The minimum Gasteiger partial charge on any atom is -0.308 e. The molecule has 0 aromatic heterocycles. The highest BCUT2D eigenvalue weighted by Gasteiger charge is 2.18. The zero-order valence-corrected chi connectivity index (χ0v) is 9.10. The second kappa shape index (κ2) is 4.90. The summed E-state index contributed by atoms with van der Waals surface area (Å²) in [5.74, 6) is 0.665. The molecule has 0 aromatic rings. The summed E-state index contributed by atoms with van der Waals surface area (Å²) in [5, 5.41) is 6.66. The van der Waals surface area contributed by atoms with Gasteiger partial charge in [-0.1, -0.05) is 25.7 Å². The molecule has 2 nitrogen and oxygen atoms in total. The van der Waals surface area contributed by atoms with Gasteiger partial charge in [-0.05, 0) is 19.6 Å². The first-order valence-corrected chi connectivity index (χ1v) is 6.34.